The molecular formula is C12H22N2O. The first-order valence-corrected chi connectivity index (χ1v) is 6.18. The van der Waals surface area contributed by atoms with E-state index in [0.717, 1.165) is 19.4 Å². The Morgan fingerprint density at radius 2 is 2.13 bits per heavy atom. The van der Waals surface area contributed by atoms with Crippen LogP contribution < -0.4 is 0 Å². The van der Waals surface area contributed by atoms with Crippen LogP contribution >= 0.6 is 0 Å². The van der Waals surface area contributed by atoms with Crippen molar-refractivity contribution in [3.8, 4) is 0 Å². The van der Waals surface area contributed by atoms with E-state index in [0.29, 0.717) is 17.9 Å². The number of likely N-dealkylation sites (tertiary alicyclic amines) is 2. The molecule has 2 rings (SSSR count). The second-order valence-corrected chi connectivity index (χ2v) is 5.20. The summed E-state index contributed by atoms with van der Waals surface area (Å²) in [6.07, 6.45) is 3.22. The third kappa shape index (κ3) is 2.51. The van der Waals surface area contributed by atoms with Crippen LogP contribution in [0.2, 0.25) is 0 Å². The Labute approximate surface area is 92.4 Å². The minimum Gasteiger partial charge on any atom is -0.340 e. The number of amides is 1. The molecular weight excluding hydrogens is 188 g/mol. The highest BCUT2D eigenvalue weighted by atomic mass is 16.2. The predicted molar refractivity (Wildman–Crippen MR) is 60.6 cm³/mol. The van der Waals surface area contributed by atoms with Crippen molar-refractivity contribution in [1.82, 2.24) is 9.80 Å². The zero-order chi connectivity index (χ0) is 10.8. The van der Waals surface area contributed by atoms with Crippen molar-refractivity contribution in [2.24, 2.45) is 5.92 Å². The fourth-order valence-electron chi connectivity index (χ4n) is 2.52. The summed E-state index contributed by atoms with van der Waals surface area (Å²) in [5.41, 5.74) is 0. The van der Waals surface area contributed by atoms with E-state index in [-0.39, 0.29) is 0 Å². The van der Waals surface area contributed by atoms with E-state index in [4.69, 9.17) is 0 Å². The van der Waals surface area contributed by atoms with Crippen LogP contribution in [-0.2, 0) is 4.79 Å². The van der Waals surface area contributed by atoms with Gasteiger partial charge in [0.05, 0.1) is 0 Å². The van der Waals surface area contributed by atoms with Crippen LogP contribution in [0.15, 0.2) is 0 Å². The molecule has 0 aliphatic carbocycles. The molecule has 0 N–H and O–H groups in total. The first-order valence-electron chi connectivity index (χ1n) is 6.18. The van der Waals surface area contributed by atoms with E-state index in [9.17, 15) is 4.79 Å². The maximum Gasteiger partial charge on any atom is 0.222 e. The molecule has 2 heterocycles. The van der Waals surface area contributed by atoms with Crippen LogP contribution in [0.25, 0.3) is 0 Å². The lowest BCUT2D eigenvalue weighted by Crippen LogP contribution is -2.49. The summed E-state index contributed by atoms with van der Waals surface area (Å²) in [6.45, 7) is 8.95. The highest BCUT2D eigenvalue weighted by Gasteiger charge is 2.29. The first-order chi connectivity index (χ1) is 7.16. The lowest BCUT2D eigenvalue weighted by Gasteiger charge is -2.40. The lowest BCUT2D eigenvalue weighted by molar-refractivity contribution is -0.137. The Morgan fingerprint density at radius 1 is 1.40 bits per heavy atom. The van der Waals surface area contributed by atoms with Gasteiger partial charge in [0, 0.05) is 25.6 Å². The minimum atomic E-state index is 0.352. The number of carbonyl (C=O) groups excluding carboxylic acids is 1. The van der Waals surface area contributed by atoms with Crippen LogP contribution in [0, 0.1) is 5.92 Å². The molecule has 0 saturated carbocycles. The van der Waals surface area contributed by atoms with Crippen molar-refractivity contribution >= 4 is 5.91 Å². The number of hydrogen-bond donors (Lipinski definition) is 0. The average Bonchev–Trinajstić information content (AvgIpc) is 2.13. The molecule has 86 valence electrons. The van der Waals surface area contributed by atoms with Gasteiger partial charge in [0.1, 0.15) is 0 Å². The number of piperidine rings is 1. The summed E-state index contributed by atoms with van der Waals surface area (Å²) in [5.74, 6) is 1.07. The van der Waals surface area contributed by atoms with Crippen molar-refractivity contribution in [2.75, 3.05) is 26.2 Å². The molecule has 0 aromatic rings. The third-order valence-electron chi connectivity index (χ3n) is 3.63. The van der Waals surface area contributed by atoms with Gasteiger partial charge >= 0.3 is 0 Å². The van der Waals surface area contributed by atoms with Gasteiger partial charge < -0.3 is 9.80 Å². The zero-order valence-electron chi connectivity index (χ0n) is 9.91. The molecule has 1 amide bonds. The Kier molecular flexibility index (Phi) is 3.29. The normalized spacial score (nSPS) is 28.3. The molecule has 0 bridgehead atoms. The van der Waals surface area contributed by atoms with E-state index in [1.807, 2.05) is 4.90 Å². The van der Waals surface area contributed by atoms with Crippen LogP contribution in [0.5, 0.6) is 0 Å². The molecule has 0 aromatic carbocycles. The smallest absolute Gasteiger partial charge is 0.222 e. The number of carbonyl (C=O) groups is 1. The standard InChI is InChI=1S/C12H22N2O/c1-10(2)14-9-11(4-5-12(14)15)8-13-6-3-7-13/h10-11H,3-9H2,1-2H3/t11-/m0/s1. The van der Waals surface area contributed by atoms with Gasteiger partial charge in [-0.25, -0.2) is 0 Å². The van der Waals surface area contributed by atoms with E-state index in [2.05, 4.69) is 18.7 Å². The molecule has 3 nitrogen and oxygen atoms in total. The fraction of sp³-hybridized carbons (Fsp3) is 0.917. The Morgan fingerprint density at radius 3 is 2.67 bits per heavy atom. The molecule has 2 saturated heterocycles. The summed E-state index contributed by atoms with van der Waals surface area (Å²) in [4.78, 5) is 16.2. The van der Waals surface area contributed by atoms with Crippen LogP contribution in [0.4, 0.5) is 0 Å². The zero-order valence-corrected chi connectivity index (χ0v) is 9.91. The monoisotopic (exact) mass is 210 g/mol. The summed E-state index contributed by atoms with van der Waals surface area (Å²) in [5, 5.41) is 0. The van der Waals surface area contributed by atoms with Crippen molar-refractivity contribution in [3.63, 3.8) is 0 Å². The molecule has 0 radical (unpaired) electrons. The van der Waals surface area contributed by atoms with Gasteiger partial charge in [0.25, 0.3) is 0 Å². The number of hydrogen-bond acceptors (Lipinski definition) is 2. The Balaban J connectivity index is 1.84. The van der Waals surface area contributed by atoms with Crippen molar-refractivity contribution in [2.45, 2.75) is 39.2 Å². The Hall–Kier alpha value is -0.570. The predicted octanol–water partition coefficient (Wildman–Crippen LogP) is 1.34. The van der Waals surface area contributed by atoms with Gasteiger partial charge in [0.2, 0.25) is 5.91 Å². The fourth-order valence-corrected chi connectivity index (χ4v) is 2.52. The van der Waals surface area contributed by atoms with Gasteiger partial charge in [-0.05, 0) is 45.7 Å². The third-order valence-corrected chi connectivity index (χ3v) is 3.63. The molecule has 0 aromatic heterocycles. The van der Waals surface area contributed by atoms with Crippen molar-refractivity contribution < 1.29 is 4.79 Å². The molecule has 15 heavy (non-hydrogen) atoms. The quantitative estimate of drug-likeness (QED) is 0.702. The molecule has 2 fully saturated rings. The first kappa shape index (κ1) is 10.9. The highest BCUT2D eigenvalue weighted by molar-refractivity contribution is 5.77. The van der Waals surface area contributed by atoms with Gasteiger partial charge in [-0.1, -0.05) is 0 Å². The molecule has 2 aliphatic heterocycles. The van der Waals surface area contributed by atoms with Crippen LogP contribution in [0.3, 0.4) is 0 Å². The van der Waals surface area contributed by atoms with Gasteiger partial charge in [0.15, 0.2) is 0 Å². The highest BCUT2D eigenvalue weighted by Crippen LogP contribution is 2.22. The van der Waals surface area contributed by atoms with E-state index >= 15 is 0 Å². The molecule has 0 unspecified atom stereocenters. The minimum absolute atomic E-state index is 0.352. The molecule has 1 atom stereocenters. The SMILES string of the molecule is CC(C)N1C[C@H](CN2CCC2)CCC1=O. The maximum absolute atomic E-state index is 11.7. The second kappa shape index (κ2) is 4.52. The topological polar surface area (TPSA) is 23.6 Å². The lowest BCUT2D eigenvalue weighted by atomic mass is 9.95. The number of rotatable bonds is 3. The van der Waals surface area contributed by atoms with E-state index in [1.54, 1.807) is 0 Å². The molecule has 0 spiro atoms. The van der Waals surface area contributed by atoms with Crippen molar-refractivity contribution in [3.05, 3.63) is 0 Å². The van der Waals surface area contributed by atoms with Crippen molar-refractivity contribution in [1.29, 1.82) is 0 Å². The van der Waals surface area contributed by atoms with E-state index in [1.165, 1.54) is 26.1 Å². The number of nitrogens with zero attached hydrogens (tertiary/aromatic N) is 2. The van der Waals surface area contributed by atoms with Gasteiger partial charge in [-0.3, -0.25) is 4.79 Å². The largest absolute Gasteiger partial charge is 0.340 e. The molecule has 3 heteroatoms. The molecule has 2 aliphatic rings. The van der Waals surface area contributed by atoms with Gasteiger partial charge in [-0.2, -0.15) is 0 Å². The summed E-state index contributed by atoms with van der Waals surface area (Å²) >= 11 is 0. The Bertz CT molecular complexity index is 236. The van der Waals surface area contributed by atoms with Gasteiger partial charge in [-0.15, -0.1) is 0 Å². The van der Waals surface area contributed by atoms with Crippen LogP contribution in [0.1, 0.15) is 33.1 Å². The summed E-state index contributed by atoms with van der Waals surface area (Å²) < 4.78 is 0. The summed E-state index contributed by atoms with van der Waals surface area (Å²) in [6, 6.07) is 0.372. The summed E-state index contributed by atoms with van der Waals surface area (Å²) in [7, 11) is 0. The van der Waals surface area contributed by atoms with Crippen LogP contribution in [-0.4, -0.2) is 47.9 Å². The maximum atomic E-state index is 11.7. The average molecular weight is 210 g/mol. The van der Waals surface area contributed by atoms with E-state index < -0.39 is 0 Å². The second-order valence-electron chi connectivity index (χ2n) is 5.20.